The summed E-state index contributed by atoms with van der Waals surface area (Å²) in [5.74, 6) is 0.170. The number of hydrogen-bond donors (Lipinski definition) is 2. The van der Waals surface area contributed by atoms with Crippen molar-refractivity contribution in [2.24, 2.45) is 7.05 Å². The second kappa shape index (κ2) is 5.72. The lowest BCUT2D eigenvalue weighted by Crippen LogP contribution is -2.16. The number of aryl methyl sites for hydroxylation is 1. The molecule has 126 valence electrons. The van der Waals surface area contributed by atoms with E-state index in [0.29, 0.717) is 10.3 Å². The molecule has 2 N–H and O–H groups in total. The molecule has 4 rings (SSSR count). The molecule has 0 amide bonds. The summed E-state index contributed by atoms with van der Waals surface area (Å²) in [5, 5.41) is 23.9. The van der Waals surface area contributed by atoms with Gasteiger partial charge >= 0.3 is 0 Å². The van der Waals surface area contributed by atoms with Gasteiger partial charge in [-0.05, 0) is 41.6 Å². The number of rotatable bonds is 2. The summed E-state index contributed by atoms with van der Waals surface area (Å²) in [7, 11) is 1.75. The Balaban J connectivity index is 2.13. The average molecular weight is 351 g/mol. The SMILES string of the molecule is CC(O)c1ccc(-c2c(O)ccc3c2c2ccsc2c(=O)n3C)cc1. The number of phenols is 1. The van der Waals surface area contributed by atoms with Gasteiger partial charge in [0.1, 0.15) is 10.4 Å². The van der Waals surface area contributed by atoms with Crippen LogP contribution in [0.5, 0.6) is 5.75 Å². The van der Waals surface area contributed by atoms with E-state index in [0.717, 1.165) is 27.4 Å². The van der Waals surface area contributed by atoms with E-state index in [2.05, 4.69) is 0 Å². The van der Waals surface area contributed by atoms with Gasteiger partial charge in [-0.25, -0.2) is 0 Å². The highest BCUT2D eigenvalue weighted by atomic mass is 32.1. The Labute approximate surface area is 148 Å². The molecule has 1 unspecified atom stereocenters. The van der Waals surface area contributed by atoms with E-state index in [-0.39, 0.29) is 11.3 Å². The summed E-state index contributed by atoms with van der Waals surface area (Å²) < 4.78 is 2.31. The molecule has 4 nitrogen and oxygen atoms in total. The Morgan fingerprint density at radius 3 is 2.48 bits per heavy atom. The van der Waals surface area contributed by atoms with Crippen LogP contribution in [0.1, 0.15) is 18.6 Å². The van der Waals surface area contributed by atoms with Crippen LogP contribution in [0.2, 0.25) is 0 Å². The Hall–Kier alpha value is -2.63. The fourth-order valence-corrected chi connectivity index (χ4v) is 4.16. The van der Waals surface area contributed by atoms with Crippen LogP contribution in [0, 0.1) is 0 Å². The number of benzene rings is 2. The Morgan fingerprint density at radius 2 is 1.80 bits per heavy atom. The summed E-state index contributed by atoms with van der Waals surface area (Å²) >= 11 is 1.41. The van der Waals surface area contributed by atoms with Crippen molar-refractivity contribution in [1.82, 2.24) is 4.57 Å². The molecule has 25 heavy (non-hydrogen) atoms. The summed E-state index contributed by atoms with van der Waals surface area (Å²) in [6.45, 7) is 1.72. The third kappa shape index (κ3) is 2.35. The van der Waals surface area contributed by atoms with Crippen molar-refractivity contribution in [3.05, 3.63) is 63.8 Å². The topological polar surface area (TPSA) is 62.5 Å². The van der Waals surface area contributed by atoms with Crippen molar-refractivity contribution in [3.63, 3.8) is 0 Å². The molecular formula is C20H17NO3S. The highest BCUT2D eigenvalue weighted by molar-refractivity contribution is 7.17. The number of aliphatic hydroxyl groups excluding tert-OH is 1. The summed E-state index contributed by atoms with van der Waals surface area (Å²) in [6, 6.07) is 12.8. The molecule has 0 aliphatic rings. The fourth-order valence-electron chi connectivity index (χ4n) is 3.29. The number of aromatic hydroxyl groups is 1. The minimum absolute atomic E-state index is 0.0291. The molecule has 0 saturated carbocycles. The van der Waals surface area contributed by atoms with Gasteiger partial charge in [-0.15, -0.1) is 11.3 Å². The summed E-state index contributed by atoms with van der Waals surface area (Å²) in [6.07, 6.45) is -0.542. The zero-order valence-electron chi connectivity index (χ0n) is 13.9. The van der Waals surface area contributed by atoms with Crippen LogP contribution in [0.4, 0.5) is 0 Å². The lowest BCUT2D eigenvalue weighted by atomic mass is 9.96. The maximum Gasteiger partial charge on any atom is 0.268 e. The number of nitrogens with zero attached hydrogens (tertiary/aromatic N) is 1. The Morgan fingerprint density at radius 1 is 1.08 bits per heavy atom. The predicted molar refractivity (Wildman–Crippen MR) is 102 cm³/mol. The van der Waals surface area contributed by atoms with Crippen LogP contribution in [0.25, 0.3) is 32.1 Å². The maximum absolute atomic E-state index is 12.5. The van der Waals surface area contributed by atoms with E-state index in [1.165, 1.54) is 11.3 Å². The van der Waals surface area contributed by atoms with Crippen LogP contribution in [-0.2, 0) is 7.05 Å². The van der Waals surface area contributed by atoms with Gasteiger partial charge in [-0.1, -0.05) is 24.3 Å². The van der Waals surface area contributed by atoms with Gasteiger partial charge in [-0.2, -0.15) is 0 Å². The monoisotopic (exact) mass is 351 g/mol. The summed E-state index contributed by atoms with van der Waals surface area (Å²) in [4.78, 5) is 12.5. The molecule has 0 radical (unpaired) electrons. The zero-order valence-corrected chi connectivity index (χ0v) is 14.7. The number of aromatic nitrogens is 1. The van der Waals surface area contributed by atoms with Gasteiger partial charge in [0.2, 0.25) is 0 Å². The molecule has 2 aromatic carbocycles. The van der Waals surface area contributed by atoms with Crippen LogP contribution in [0.3, 0.4) is 0 Å². The van der Waals surface area contributed by atoms with Crippen molar-refractivity contribution >= 4 is 32.3 Å². The van der Waals surface area contributed by atoms with Gasteiger partial charge in [0.05, 0.1) is 11.6 Å². The quantitative estimate of drug-likeness (QED) is 0.569. The third-order valence-corrected chi connectivity index (χ3v) is 5.54. The highest BCUT2D eigenvalue weighted by Gasteiger charge is 2.17. The number of hydrogen-bond acceptors (Lipinski definition) is 4. The van der Waals surface area contributed by atoms with Gasteiger partial charge < -0.3 is 14.8 Å². The molecule has 2 heterocycles. The number of fused-ring (bicyclic) bond motifs is 3. The highest BCUT2D eigenvalue weighted by Crippen LogP contribution is 2.40. The number of pyridine rings is 1. The molecule has 0 aliphatic heterocycles. The second-order valence-corrected chi connectivity index (χ2v) is 7.10. The summed E-state index contributed by atoms with van der Waals surface area (Å²) in [5.41, 5.74) is 3.12. The van der Waals surface area contributed by atoms with Crippen molar-refractivity contribution in [2.45, 2.75) is 13.0 Å². The Bertz CT molecular complexity index is 1150. The normalized spacial score (nSPS) is 12.8. The van der Waals surface area contributed by atoms with E-state index in [9.17, 15) is 15.0 Å². The molecule has 2 aromatic heterocycles. The molecule has 0 bridgehead atoms. The fraction of sp³-hybridized carbons (Fsp3) is 0.150. The van der Waals surface area contributed by atoms with Crippen LogP contribution < -0.4 is 5.56 Å². The van der Waals surface area contributed by atoms with Gasteiger partial charge in [0.15, 0.2) is 0 Å². The third-order valence-electron chi connectivity index (χ3n) is 4.64. The van der Waals surface area contributed by atoms with E-state index in [1.807, 2.05) is 35.7 Å². The van der Waals surface area contributed by atoms with Crippen LogP contribution in [0.15, 0.2) is 52.6 Å². The van der Waals surface area contributed by atoms with E-state index in [1.54, 1.807) is 30.7 Å². The molecule has 1 atom stereocenters. The predicted octanol–water partition coefficient (Wildman–Crippen LogP) is 4.18. The first-order valence-electron chi connectivity index (χ1n) is 7.99. The van der Waals surface area contributed by atoms with Crippen molar-refractivity contribution in [3.8, 4) is 16.9 Å². The lowest BCUT2D eigenvalue weighted by Gasteiger charge is -2.14. The van der Waals surface area contributed by atoms with E-state index in [4.69, 9.17) is 0 Å². The van der Waals surface area contributed by atoms with Gasteiger partial charge in [-0.3, -0.25) is 4.79 Å². The second-order valence-electron chi connectivity index (χ2n) is 6.18. The van der Waals surface area contributed by atoms with Crippen LogP contribution >= 0.6 is 11.3 Å². The van der Waals surface area contributed by atoms with Gasteiger partial charge in [0, 0.05) is 23.4 Å². The zero-order chi connectivity index (χ0) is 17.7. The first-order valence-corrected chi connectivity index (χ1v) is 8.87. The van der Waals surface area contributed by atoms with Crippen LogP contribution in [-0.4, -0.2) is 14.8 Å². The van der Waals surface area contributed by atoms with Crippen molar-refractivity contribution in [2.75, 3.05) is 0 Å². The van der Waals surface area contributed by atoms with Crippen molar-refractivity contribution < 1.29 is 10.2 Å². The minimum atomic E-state index is -0.542. The molecular weight excluding hydrogens is 334 g/mol. The molecule has 0 spiro atoms. The maximum atomic E-state index is 12.5. The van der Waals surface area contributed by atoms with E-state index >= 15 is 0 Å². The Kier molecular flexibility index (Phi) is 3.63. The molecule has 0 saturated heterocycles. The minimum Gasteiger partial charge on any atom is -0.507 e. The lowest BCUT2D eigenvalue weighted by molar-refractivity contribution is 0.199. The largest absolute Gasteiger partial charge is 0.507 e. The first-order chi connectivity index (χ1) is 12.0. The molecule has 0 fully saturated rings. The van der Waals surface area contributed by atoms with Crippen molar-refractivity contribution in [1.29, 1.82) is 0 Å². The number of phenolic OH excluding ortho intramolecular Hbond substituents is 1. The standard InChI is InChI=1S/C20H17NO3S/c1-11(22)12-3-5-13(6-4-12)17-16(23)8-7-15-18(17)14-9-10-25-19(14)20(24)21(15)2/h3-11,22-23H,1-2H3. The number of thiophene rings is 1. The first kappa shape index (κ1) is 15.9. The number of aliphatic hydroxyl groups is 1. The average Bonchev–Trinajstić information content (AvgIpc) is 3.09. The molecule has 4 aromatic rings. The smallest absolute Gasteiger partial charge is 0.268 e. The molecule has 5 heteroatoms. The van der Waals surface area contributed by atoms with Gasteiger partial charge in [0.25, 0.3) is 5.56 Å². The molecule has 0 aliphatic carbocycles. The van der Waals surface area contributed by atoms with E-state index < -0.39 is 6.10 Å².